The Balaban J connectivity index is 2.61. The van der Waals surface area contributed by atoms with E-state index in [2.05, 4.69) is 0 Å². The largest absolute Gasteiger partial charge is 0.264 e. The molecule has 2 unspecified atom stereocenters. The smallest absolute Gasteiger partial charge is 0.228 e. The van der Waals surface area contributed by atoms with Crippen molar-refractivity contribution in [1.29, 1.82) is 5.26 Å². The third-order valence-electron chi connectivity index (χ3n) is 1.92. The van der Waals surface area contributed by atoms with Gasteiger partial charge in [-0.25, -0.2) is 0 Å². The summed E-state index contributed by atoms with van der Waals surface area (Å²) in [5.74, 6) is -0.338. The highest BCUT2D eigenvalue weighted by Gasteiger charge is 2.36. The average Bonchev–Trinajstić information content (AvgIpc) is 2.33. The first-order valence-corrected chi connectivity index (χ1v) is 3.29. The second-order valence-electron chi connectivity index (χ2n) is 2.52. The lowest BCUT2D eigenvalue weighted by atomic mass is 10.1. The molecule has 0 saturated heterocycles. The summed E-state index contributed by atoms with van der Waals surface area (Å²) in [4.78, 5) is 9.89. The third-order valence-corrected chi connectivity index (χ3v) is 1.92. The number of rotatable bonds is 1. The second-order valence-corrected chi connectivity index (χ2v) is 2.52. The van der Waals surface area contributed by atoms with Crippen molar-refractivity contribution < 1.29 is 4.92 Å². The summed E-state index contributed by atoms with van der Waals surface area (Å²) in [6.07, 6.45) is 2.09. The normalized spacial score (nSPS) is 31.5. The van der Waals surface area contributed by atoms with Crippen LogP contribution in [0, 0.1) is 27.4 Å². The molecular weight excluding hydrogens is 132 g/mol. The average molecular weight is 140 g/mol. The lowest BCUT2D eigenvalue weighted by Gasteiger charge is -2.02. The zero-order valence-electron chi connectivity index (χ0n) is 5.49. The van der Waals surface area contributed by atoms with Crippen LogP contribution in [0.25, 0.3) is 0 Å². The van der Waals surface area contributed by atoms with Gasteiger partial charge in [0.15, 0.2) is 0 Å². The van der Waals surface area contributed by atoms with Crippen molar-refractivity contribution in [3.8, 4) is 6.07 Å². The van der Waals surface area contributed by atoms with Crippen LogP contribution in [0.3, 0.4) is 0 Å². The van der Waals surface area contributed by atoms with E-state index in [-0.39, 0.29) is 10.8 Å². The number of hydrogen-bond donors (Lipinski definition) is 0. The molecule has 0 bridgehead atoms. The lowest BCUT2D eigenvalue weighted by molar-refractivity contribution is -0.525. The van der Waals surface area contributed by atoms with E-state index in [1.165, 1.54) is 0 Å². The van der Waals surface area contributed by atoms with Crippen molar-refractivity contribution in [2.75, 3.05) is 0 Å². The van der Waals surface area contributed by atoms with Gasteiger partial charge in [-0.2, -0.15) is 5.26 Å². The molecule has 0 amide bonds. The standard InChI is InChI=1S/C6H8N2O2/c7-4-5-2-1-3-6(5)8(9)10/h5-6H,1-3H2. The molecule has 4 heteroatoms. The predicted octanol–water partition coefficient (Wildman–Crippen LogP) is 0.955. The maximum absolute atomic E-state index is 10.2. The Bertz CT molecular complexity index is 185. The molecule has 0 heterocycles. The van der Waals surface area contributed by atoms with Gasteiger partial charge in [0.1, 0.15) is 5.92 Å². The molecule has 2 atom stereocenters. The first-order chi connectivity index (χ1) is 4.75. The Hall–Kier alpha value is -1.11. The fraction of sp³-hybridized carbons (Fsp3) is 0.833. The number of nitrogens with zero attached hydrogens (tertiary/aromatic N) is 2. The predicted molar refractivity (Wildman–Crippen MR) is 33.7 cm³/mol. The van der Waals surface area contributed by atoms with E-state index in [0.717, 1.165) is 6.42 Å². The van der Waals surface area contributed by atoms with Gasteiger partial charge in [-0.3, -0.25) is 10.1 Å². The summed E-state index contributed by atoms with van der Waals surface area (Å²) >= 11 is 0. The van der Waals surface area contributed by atoms with Crippen molar-refractivity contribution in [1.82, 2.24) is 0 Å². The van der Waals surface area contributed by atoms with E-state index in [4.69, 9.17) is 5.26 Å². The molecule has 0 aliphatic heterocycles. The molecule has 0 aromatic carbocycles. The first kappa shape index (κ1) is 7.00. The van der Waals surface area contributed by atoms with E-state index < -0.39 is 6.04 Å². The molecule has 0 radical (unpaired) electrons. The van der Waals surface area contributed by atoms with Gasteiger partial charge in [0, 0.05) is 11.3 Å². The van der Waals surface area contributed by atoms with Gasteiger partial charge in [-0.15, -0.1) is 0 Å². The number of nitriles is 1. The summed E-state index contributed by atoms with van der Waals surface area (Å²) in [7, 11) is 0. The molecule has 1 aliphatic carbocycles. The highest BCUT2D eigenvalue weighted by Crippen LogP contribution is 2.26. The molecule has 1 saturated carbocycles. The molecule has 0 spiro atoms. The fourth-order valence-corrected chi connectivity index (χ4v) is 1.34. The van der Waals surface area contributed by atoms with Crippen molar-refractivity contribution >= 4 is 0 Å². The molecule has 10 heavy (non-hydrogen) atoms. The van der Waals surface area contributed by atoms with Gasteiger partial charge in [0.05, 0.1) is 6.07 Å². The van der Waals surface area contributed by atoms with Crippen LogP contribution in [0.5, 0.6) is 0 Å². The molecule has 1 fully saturated rings. The molecular formula is C6H8N2O2. The summed E-state index contributed by atoms with van der Waals surface area (Å²) in [6, 6.07) is 1.36. The van der Waals surface area contributed by atoms with Crippen molar-refractivity contribution in [2.45, 2.75) is 25.3 Å². The van der Waals surface area contributed by atoms with E-state index in [1.54, 1.807) is 0 Å². The number of nitro groups is 1. The zero-order chi connectivity index (χ0) is 7.56. The van der Waals surface area contributed by atoms with Crippen LogP contribution < -0.4 is 0 Å². The molecule has 1 aliphatic rings. The van der Waals surface area contributed by atoms with Crippen LogP contribution >= 0.6 is 0 Å². The highest BCUT2D eigenvalue weighted by atomic mass is 16.6. The van der Waals surface area contributed by atoms with Crippen LogP contribution in [0.1, 0.15) is 19.3 Å². The SMILES string of the molecule is N#CC1CCCC1[N+](=O)[O-]. The molecule has 4 nitrogen and oxygen atoms in total. The Labute approximate surface area is 58.6 Å². The van der Waals surface area contributed by atoms with Crippen molar-refractivity contribution in [3.05, 3.63) is 10.1 Å². The summed E-state index contributed by atoms with van der Waals surface area (Å²) < 4.78 is 0. The maximum Gasteiger partial charge on any atom is 0.228 e. The second kappa shape index (κ2) is 2.65. The Morgan fingerprint density at radius 3 is 2.70 bits per heavy atom. The van der Waals surface area contributed by atoms with Crippen molar-refractivity contribution in [3.63, 3.8) is 0 Å². The molecule has 54 valence electrons. The molecule has 0 aromatic heterocycles. The molecule has 0 N–H and O–H groups in total. The fourth-order valence-electron chi connectivity index (χ4n) is 1.34. The Kier molecular flexibility index (Phi) is 1.86. The van der Waals surface area contributed by atoms with Crippen LogP contribution in [0.15, 0.2) is 0 Å². The zero-order valence-corrected chi connectivity index (χ0v) is 5.49. The van der Waals surface area contributed by atoms with E-state index in [0.29, 0.717) is 12.8 Å². The third kappa shape index (κ3) is 1.08. The minimum absolute atomic E-state index is 0.332. The quantitative estimate of drug-likeness (QED) is 0.402. The number of hydrogen-bond acceptors (Lipinski definition) is 3. The monoisotopic (exact) mass is 140 g/mol. The topological polar surface area (TPSA) is 66.9 Å². The van der Waals surface area contributed by atoms with Crippen LogP contribution in [-0.2, 0) is 0 Å². The van der Waals surface area contributed by atoms with Gasteiger partial charge in [-0.05, 0) is 12.8 Å². The summed E-state index contributed by atoms with van der Waals surface area (Å²) in [5.41, 5.74) is 0. The van der Waals surface area contributed by atoms with Gasteiger partial charge in [0.2, 0.25) is 6.04 Å². The van der Waals surface area contributed by atoms with Crippen LogP contribution in [0.2, 0.25) is 0 Å². The Morgan fingerprint density at radius 2 is 2.30 bits per heavy atom. The maximum atomic E-state index is 10.2. The summed E-state index contributed by atoms with van der Waals surface area (Å²) in [5, 5.41) is 18.7. The lowest BCUT2D eigenvalue weighted by Crippen LogP contribution is -2.22. The van der Waals surface area contributed by atoms with Gasteiger partial charge in [-0.1, -0.05) is 0 Å². The summed E-state index contributed by atoms with van der Waals surface area (Å²) in [6.45, 7) is 0. The minimum atomic E-state index is -0.593. The first-order valence-electron chi connectivity index (χ1n) is 3.29. The highest BCUT2D eigenvalue weighted by molar-refractivity contribution is 4.92. The van der Waals surface area contributed by atoms with Crippen molar-refractivity contribution in [2.24, 2.45) is 5.92 Å². The molecule has 0 aromatic rings. The van der Waals surface area contributed by atoms with E-state index in [1.807, 2.05) is 6.07 Å². The van der Waals surface area contributed by atoms with Gasteiger partial charge < -0.3 is 0 Å². The molecule has 1 rings (SSSR count). The van der Waals surface area contributed by atoms with Gasteiger partial charge in [0.25, 0.3) is 0 Å². The Morgan fingerprint density at radius 1 is 1.60 bits per heavy atom. The van der Waals surface area contributed by atoms with Crippen LogP contribution in [-0.4, -0.2) is 11.0 Å². The van der Waals surface area contributed by atoms with E-state index in [9.17, 15) is 10.1 Å². The van der Waals surface area contributed by atoms with Gasteiger partial charge >= 0.3 is 0 Å². The van der Waals surface area contributed by atoms with E-state index >= 15 is 0 Å². The minimum Gasteiger partial charge on any atom is -0.264 e. The van der Waals surface area contributed by atoms with Crippen LogP contribution in [0.4, 0.5) is 0 Å².